The zero-order valence-corrected chi connectivity index (χ0v) is 17.1. The zero-order valence-electron chi connectivity index (χ0n) is 17.1. The third-order valence-corrected chi connectivity index (χ3v) is 5.48. The van der Waals surface area contributed by atoms with Crippen molar-refractivity contribution in [1.29, 1.82) is 0 Å². The second kappa shape index (κ2) is 8.47. The predicted molar refractivity (Wildman–Crippen MR) is 120 cm³/mol. The number of rotatable bonds is 5. The Morgan fingerprint density at radius 2 is 1.68 bits per heavy atom. The van der Waals surface area contributed by atoms with E-state index in [-0.39, 0.29) is 5.91 Å². The Bertz CT molecular complexity index is 1170. The molecule has 1 saturated heterocycles. The number of aromatic nitrogens is 2. The van der Waals surface area contributed by atoms with Crippen LogP contribution in [0.5, 0.6) is 0 Å². The summed E-state index contributed by atoms with van der Waals surface area (Å²) < 4.78 is 5.25. The van der Waals surface area contributed by atoms with Crippen LogP contribution >= 0.6 is 0 Å². The van der Waals surface area contributed by atoms with E-state index in [1.165, 1.54) is 11.8 Å². The molecule has 1 N–H and O–H groups in total. The van der Waals surface area contributed by atoms with Crippen LogP contribution in [0.3, 0.4) is 0 Å². The number of para-hydroxylation sites is 1. The first-order valence-corrected chi connectivity index (χ1v) is 10.4. The molecule has 1 fully saturated rings. The summed E-state index contributed by atoms with van der Waals surface area (Å²) in [5, 5.41) is 4.47. The quantitative estimate of drug-likeness (QED) is 0.537. The van der Waals surface area contributed by atoms with E-state index in [0.29, 0.717) is 44.4 Å². The minimum absolute atomic E-state index is 0.0747. The highest BCUT2D eigenvalue weighted by Gasteiger charge is 2.25. The molecular weight excluding hydrogens is 390 g/mol. The number of fused-ring (bicyclic) bond motifs is 1. The first-order chi connectivity index (χ1) is 15.3. The van der Waals surface area contributed by atoms with E-state index < -0.39 is 0 Å². The average Bonchev–Trinajstić information content (AvgIpc) is 3.38. The molecule has 1 amide bonds. The van der Waals surface area contributed by atoms with E-state index in [4.69, 9.17) is 14.4 Å². The fraction of sp³-hybridized carbons (Fsp3) is 0.208. The molecule has 2 aromatic heterocycles. The number of benzene rings is 2. The van der Waals surface area contributed by atoms with Crippen molar-refractivity contribution in [2.24, 2.45) is 0 Å². The molecule has 0 bridgehead atoms. The van der Waals surface area contributed by atoms with Crippen LogP contribution in [0.4, 0.5) is 11.8 Å². The van der Waals surface area contributed by atoms with Gasteiger partial charge in [0.2, 0.25) is 5.95 Å². The maximum absolute atomic E-state index is 12.5. The molecule has 156 valence electrons. The monoisotopic (exact) mass is 413 g/mol. The van der Waals surface area contributed by atoms with Gasteiger partial charge in [0.1, 0.15) is 5.82 Å². The van der Waals surface area contributed by atoms with Crippen LogP contribution in [0.2, 0.25) is 0 Å². The highest BCUT2D eigenvalue weighted by atomic mass is 16.3. The van der Waals surface area contributed by atoms with Gasteiger partial charge in [-0.05, 0) is 29.8 Å². The largest absolute Gasteiger partial charge is 0.459 e. The summed E-state index contributed by atoms with van der Waals surface area (Å²) in [7, 11) is 0. The van der Waals surface area contributed by atoms with Crippen LogP contribution in [0, 0.1) is 0 Å². The summed E-state index contributed by atoms with van der Waals surface area (Å²) in [6.07, 6.45) is 1.52. The van der Waals surface area contributed by atoms with Gasteiger partial charge in [0.25, 0.3) is 5.91 Å². The molecule has 0 spiro atoms. The Kier molecular flexibility index (Phi) is 5.22. The highest BCUT2D eigenvalue weighted by molar-refractivity contribution is 5.92. The van der Waals surface area contributed by atoms with Gasteiger partial charge in [-0.3, -0.25) is 4.79 Å². The summed E-state index contributed by atoms with van der Waals surface area (Å²) >= 11 is 0. The molecule has 0 unspecified atom stereocenters. The summed E-state index contributed by atoms with van der Waals surface area (Å²) in [4.78, 5) is 26.1. The summed E-state index contributed by atoms with van der Waals surface area (Å²) in [6.45, 7) is 3.23. The van der Waals surface area contributed by atoms with E-state index in [9.17, 15) is 4.79 Å². The highest BCUT2D eigenvalue weighted by Crippen LogP contribution is 2.25. The SMILES string of the molecule is O=C(c1ccco1)N1CCN(c2nc(NCc3ccccc3)c3ccccc3n2)CC1. The third-order valence-electron chi connectivity index (χ3n) is 5.48. The Balaban J connectivity index is 1.35. The molecule has 7 nitrogen and oxygen atoms in total. The van der Waals surface area contributed by atoms with Gasteiger partial charge in [0, 0.05) is 38.1 Å². The van der Waals surface area contributed by atoms with Crippen molar-refractivity contribution in [3.05, 3.63) is 84.3 Å². The van der Waals surface area contributed by atoms with Gasteiger partial charge in [0.15, 0.2) is 5.76 Å². The number of nitrogens with one attached hydrogen (secondary N) is 1. The lowest BCUT2D eigenvalue weighted by Crippen LogP contribution is -2.49. The lowest BCUT2D eigenvalue weighted by Gasteiger charge is -2.34. The Morgan fingerprint density at radius 3 is 2.45 bits per heavy atom. The first-order valence-electron chi connectivity index (χ1n) is 10.4. The van der Waals surface area contributed by atoms with Crippen molar-refractivity contribution in [1.82, 2.24) is 14.9 Å². The van der Waals surface area contributed by atoms with Gasteiger partial charge in [-0.15, -0.1) is 0 Å². The Morgan fingerprint density at radius 1 is 0.903 bits per heavy atom. The van der Waals surface area contributed by atoms with Crippen molar-refractivity contribution in [3.63, 3.8) is 0 Å². The minimum atomic E-state index is -0.0747. The molecule has 7 heteroatoms. The molecule has 0 aliphatic carbocycles. The minimum Gasteiger partial charge on any atom is -0.459 e. The molecule has 1 aliphatic rings. The van der Waals surface area contributed by atoms with Gasteiger partial charge in [0.05, 0.1) is 11.8 Å². The number of anilines is 2. The molecule has 31 heavy (non-hydrogen) atoms. The van der Waals surface area contributed by atoms with E-state index in [1.807, 2.05) is 47.4 Å². The lowest BCUT2D eigenvalue weighted by atomic mass is 10.2. The third kappa shape index (κ3) is 4.07. The maximum Gasteiger partial charge on any atom is 0.289 e. The smallest absolute Gasteiger partial charge is 0.289 e. The Labute approximate surface area is 180 Å². The number of hydrogen-bond donors (Lipinski definition) is 1. The number of hydrogen-bond acceptors (Lipinski definition) is 6. The predicted octanol–water partition coefficient (Wildman–Crippen LogP) is 3.80. The normalized spacial score (nSPS) is 14.1. The number of piperazine rings is 1. The van der Waals surface area contributed by atoms with Crippen molar-refractivity contribution < 1.29 is 9.21 Å². The molecule has 3 heterocycles. The van der Waals surface area contributed by atoms with E-state index >= 15 is 0 Å². The van der Waals surface area contributed by atoms with Crippen molar-refractivity contribution in [2.45, 2.75) is 6.54 Å². The van der Waals surface area contributed by atoms with Crippen LogP contribution in [0.25, 0.3) is 10.9 Å². The molecule has 2 aromatic carbocycles. The van der Waals surface area contributed by atoms with Gasteiger partial charge >= 0.3 is 0 Å². The zero-order chi connectivity index (χ0) is 21.0. The van der Waals surface area contributed by atoms with Gasteiger partial charge in [-0.1, -0.05) is 42.5 Å². The van der Waals surface area contributed by atoms with E-state index in [2.05, 4.69) is 22.3 Å². The van der Waals surface area contributed by atoms with Gasteiger partial charge in [-0.2, -0.15) is 4.98 Å². The lowest BCUT2D eigenvalue weighted by molar-refractivity contribution is 0.0714. The number of carbonyl (C=O) groups excluding carboxylic acids is 1. The summed E-state index contributed by atoms with van der Waals surface area (Å²) in [6, 6.07) is 21.7. The van der Waals surface area contributed by atoms with Crippen LogP contribution in [0.1, 0.15) is 16.1 Å². The second-order valence-corrected chi connectivity index (χ2v) is 7.49. The summed E-state index contributed by atoms with van der Waals surface area (Å²) in [5.74, 6) is 1.80. The molecular formula is C24H23N5O2. The van der Waals surface area contributed by atoms with E-state index in [1.54, 1.807) is 12.1 Å². The number of carbonyl (C=O) groups is 1. The topological polar surface area (TPSA) is 74.5 Å². The fourth-order valence-electron chi connectivity index (χ4n) is 3.79. The fourth-order valence-corrected chi connectivity index (χ4v) is 3.79. The standard InChI is InChI=1S/C24H23N5O2/c30-23(21-11-6-16-31-21)28-12-14-29(15-13-28)24-26-20-10-5-4-9-19(20)22(27-24)25-17-18-7-2-1-3-8-18/h1-11,16H,12-15,17H2,(H,25,26,27). The number of nitrogens with zero attached hydrogens (tertiary/aromatic N) is 4. The van der Waals surface area contributed by atoms with Crippen molar-refractivity contribution >= 4 is 28.6 Å². The number of furan rings is 1. The molecule has 0 atom stereocenters. The molecule has 5 rings (SSSR count). The van der Waals surface area contributed by atoms with Gasteiger partial charge < -0.3 is 19.5 Å². The first kappa shape index (κ1) is 19.1. The van der Waals surface area contributed by atoms with Crippen molar-refractivity contribution in [3.8, 4) is 0 Å². The maximum atomic E-state index is 12.5. The molecule has 0 saturated carbocycles. The molecule has 4 aromatic rings. The van der Waals surface area contributed by atoms with Crippen LogP contribution in [-0.2, 0) is 6.54 Å². The van der Waals surface area contributed by atoms with Crippen molar-refractivity contribution in [2.75, 3.05) is 36.4 Å². The average molecular weight is 413 g/mol. The van der Waals surface area contributed by atoms with Crippen LogP contribution in [0.15, 0.2) is 77.4 Å². The second-order valence-electron chi connectivity index (χ2n) is 7.49. The van der Waals surface area contributed by atoms with Gasteiger partial charge in [-0.25, -0.2) is 4.98 Å². The number of amides is 1. The molecule has 0 radical (unpaired) electrons. The van der Waals surface area contributed by atoms with E-state index in [0.717, 1.165) is 16.7 Å². The van der Waals surface area contributed by atoms with Crippen LogP contribution in [-0.4, -0.2) is 47.0 Å². The molecule has 1 aliphatic heterocycles. The summed E-state index contributed by atoms with van der Waals surface area (Å²) in [5.41, 5.74) is 2.09. The Hall–Kier alpha value is -3.87. The van der Waals surface area contributed by atoms with Crippen LogP contribution < -0.4 is 10.2 Å².